The molecule has 28 heavy (non-hydrogen) atoms. The van der Waals surface area contributed by atoms with Gasteiger partial charge < -0.3 is 19.5 Å². The lowest BCUT2D eigenvalue weighted by Gasteiger charge is -2.25. The highest BCUT2D eigenvalue weighted by Crippen LogP contribution is 2.19. The van der Waals surface area contributed by atoms with Crippen molar-refractivity contribution in [2.24, 2.45) is 0 Å². The van der Waals surface area contributed by atoms with Gasteiger partial charge in [-0.1, -0.05) is 0 Å². The molecular weight excluding hydrogens is 376 g/mol. The lowest BCUT2D eigenvalue weighted by atomic mass is 10.2. The fraction of sp³-hybridized carbons (Fsp3) is 0.211. The Balaban J connectivity index is 0.000000237. The Morgan fingerprint density at radius 3 is 2.11 bits per heavy atom. The van der Waals surface area contributed by atoms with Gasteiger partial charge >= 0.3 is 6.09 Å². The van der Waals surface area contributed by atoms with E-state index in [1.54, 1.807) is 0 Å². The van der Waals surface area contributed by atoms with Crippen LogP contribution in [0.1, 0.15) is 20.7 Å². The van der Waals surface area contributed by atoms with Crippen molar-refractivity contribution in [3.8, 4) is 11.5 Å². The highest BCUT2D eigenvalue weighted by atomic mass is 19.1. The van der Waals surface area contributed by atoms with E-state index in [1.165, 1.54) is 23.1 Å². The van der Waals surface area contributed by atoms with Crippen LogP contribution in [-0.4, -0.2) is 55.0 Å². The molecule has 0 atom stereocenters. The van der Waals surface area contributed by atoms with E-state index >= 15 is 0 Å². The Kier molecular flexibility index (Phi) is 7.58. The number of amides is 1. The summed E-state index contributed by atoms with van der Waals surface area (Å²) in [7, 11) is 0. The van der Waals surface area contributed by atoms with Crippen LogP contribution < -0.4 is 4.74 Å². The van der Waals surface area contributed by atoms with Crippen molar-refractivity contribution >= 4 is 18.7 Å². The van der Waals surface area contributed by atoms with Crippen molar-refractivity contribution in [3.05, 3.63) is 59.2 Å². The number of phenolic OH excluding ortho intramolecular Hbond substituents is 1. The third kappa shape index (κ3) is 5.85. The zero-order valence-corrected chi connectivity index (χ0v) is 14.6. The number of hydrogen-bond donors (Lipinski definition) is 1. The molecule has 0 saturated carbocycles. The van der Waals surface area contributed by atoms with Crippen LogP contribution in [0.2, 0.25) is 0 Å². The van der Waals surface area contributed by atoms with E-state index < -0.39 is 23.5 Å². The summed E-state index contributed by atoms with van der Waals surface area (Å²) < 4.78 is 35.9. The lowest BCUT2D eigenvalue weighted by molar-refractivity contribution is 0.0412. The Morgan fingerprint density at radius 1 is 1.00 bits per heavy atom. The summed E-state index contributed by atoms with van der Waals surface area (Å²) in [5, 5.41) is 8.65. The van der Waals surface area contributed by atoms with Gasteiger partial charge in [0.15, 0.2) is 23.1 Å². The topological polar surface area (TPSA) is 93.1 Å². The molecule has 1 amide bonds. The summed E-state index contributed by atoms with van der Waals surface area (Å²) in [6, 6.07) is 7.12. The van der Waals surface area contributed by atoms with Gasteiger partial charge in [0.1, 0.15) is 12.6 Å². The Morgan fingerprint density at radius 2 is 1.57 bits per heavy atom. The number of aldehydes is 2. The maximum absolute atomic E-state index is 13.5. The van der Waals surface area contributed by atoms with Crippen LogP contribution in [0.25, 0.3) is 0 Å². The quantitative estimate of drug-likeness (QED) is 0.806. The largest absolute Gasteiger partial charge is 0.505 e. The predicted molar refractivity (Wildman–Crippen MR) is 93.7 cm³/mol. The number of morpholine rings is 1. The molecule has 1 N–H and O–H groups in total. The smallest absolute Gasteiger partial charge is 0.415 e. The van der Waals surface area contributed by atoms with E-state index in [0.717, 1.165) is 18.2 Å². The van der Waals surface area contributed by atoms with Crippen molar-refractivity contribution < 1.29 is 37.7 Å². The van der Waals surface area contributed by atoms with E-state index in [-0.39, 0.29) is 16.9 Å². The minimum absolute atomic E-state index is 0.183. The molecule has 1 saturated heterocycles. The minimum atomic E-state index is -0.774. The van der Waals surface area contributed by atoms with Crippen LogP contribution in [-0.2, 0) is 4.74 Å². The third-order valence-corrected chi connectivity index (χ3v) is 3.67. The normalized spacial score (nSPS) is 13.1. The molecular formula is C19H17F2NO6. The van der Waals surface area contributed by atoms with Crippen LogP contribution >= 0.6 is 0 Å². The summed E-state index contributed by atoms with van der Waals surface area (Å²) in [4.78, 5) is 33.6. The molecule has 0 bridgehead atoms. The molecule has 0 radical (unpaired) electrons. The van der Waals surface area contributed by atoms with Crippen LogP contribution in [0, 0.1) is 11.6 Å². The summed E-state index contributed by atoms with van der Waals surface area (Å²) >= 11 is 0. The molecule has 1 heterocycles. The number of benzene rings is 2. The van der Waals surface area contributed by atoms with Crippen LogP contribution in [0.4, 0.5) is 13.6 Å². The van der Waals surface area contributed by atoms with Gasteiger partial charge in [-0.3, -0.25) is 9.59 Å². The molecule has 7 nitrogen and oxygen atoms in total. The Hall–Kier alpha value is -3.33. The predicted octanol–water partition coefficient (Wildman–Crippen LogP) is 2.81. The zero-order valence-electron chi connectivity index (χ0n) is 14.6. The SMILES string of the molecule is O=Cc1ccc(O)c(F)c1.O=Cc1ccc(OC(=O)N2CCOCC2)c(F)c1. The standard InChI is InChI=1S/C12H12FNO4.C7H5FO2/c13-10-7-9(8-15)1-2-11(10)18-12(16)14-3-5-17-6-4-14;8-6-3-5(4-9)1-2-7(6)10/h1-2,7-8H,3-6H2;1-4,10H. The number of aromatic hydroxyl groups is 1. The van der Waals surface area contributed by atoms with Crippen molar-refractivity contribution in [2.75, 3.05) is 26.3 Å². The van der Waals surface area contributed by atoms with Crippen molar-refractivity contribution in [2.45, 2.75) is 0 Å². The first-order valence-electron chi connectivity index (χ1n) is 8.17. The first-order chi connectivity index (χ1) is 13.4. The maximum atomic E-state index is 13.5. The van der Waals surface area contributed by atoms with Crippen molar-refractivity contribution in [1.82, 2.24) is 4.90 Å². The van der Waals surface area contributed by atoms with E-state index in [9.17, 15) is 23.2 Å². The summed E-state index contributed by atoms with van der Waals surface area (Å²) in [6.07, 6.45) is 0.426. The fourth-order valence-electron chi connectivity index (χ4n) is 2.17. The molecule has 9 heteroatoms. The Labute approximate surface area is 159 Å². The second-order valence-electron chi connectivity index (χ2n) is 5.60. The molecule has 1 aliphatic heterocycles. The number of carbonyl (C=O) groups excluding carboxylic acids is 3. The average Bonchev–Trinajstić information content (AvgIpc) is 2.72. The Bertz CT molecular complexity index is 852. The highest BCUT2D eigenvalue weighted by Gasteiger charge is 2.20. The zero-order chi connectivity index (χ0) is 20.5. The molecule has 0 aromatic heterocycles. The van der Waals surface area contributed by atoms with Crippen molar-refractivity contribution in [1.29, 1.82) is 0 Å². The van der Waals surface area contributed by atoms with Crippen molar-refractivity contribution in [3.63, 3.8) is 0 Å². The third-order valence-electron chi connectivity index (χ3n) is 3.67. The number of rotatable bonds is 3. The highest BCUT2D eigenvalue weighted by molar-refractivity contribution is 5.76. The fourth-order valence-corrected chi connectivity index (χ4v) is 2.17. The van der Waals surface area contributed by atoms with Gasteiger partial charge in [-0.15, -0.1) is 0 Å². The second kappa shape index (κ2) is 10.1. The number of phenols is 1. The van der Waals surface area contributed by atoms with Gasteiger partial charge in [0.05, 0.1) is 13.2 Å². The van der Waals surface area contributed by atoms with E-state index in [0.29, 0.717) is 38.9 Å². The van der Waals surface area contributed by atoms with Crippen LogP contribution in [0.15, 0.2) is 36.4 Å². The minimum Gasteiger partial charge on any atom is -0.505 e. The van der Waals surface area contributed by atoms with E-state index in [4.69, 9.17) is 14.6 Å². The molecule has 3 rings (SSSR count). The summed E-state index contributed by atoms with van der Waals surface area (Å²) in [5.74, 6) is -2.13. The van der Waals surface area contributed by atoms with Gasteiger partial charge in [-0.05, 0) is 36.4 Å². The van der Waals surface area contributed by atoms with Gasteiger partial charge in [-0.25, -0.2) is 13.6 Å². The number of nitrogens with zero attached hydrogens (tertiary/aromatic N) is 1. The molecule has 2 aromatic carbocycles. The van der Waals surface area contributed by atoms with Gasteiger partial charge in [-0.2, -0.15) is 0 Å². The van der Waals surface area contributed by atoms with Gasteiger partial charge in [0.2, 0.25) is 0 Å². The number of halogens is 2. The molecule has 0 spiro atoms. The van der Waals surface area contributed by atoms with E-state index in [1.807, 2.05) is 0 Å². The number of carbonyl (C=O) groups is 3. The van der Waals surface area contributed by atoms with Gasteiger partial charge in [0.25, 0.3) is 0 Å². The number of hydrogen-bond acceptors (Lipinski definition) is 6. The number of ether oxygens (including phenoxy) is 2. The molecule has 1 fully saturated rings. The molecule has 2 aromatic rings. The summed E-state index contributed by atoms with van der Waals surface area (Å²) in [6.45, 7) is 1.74. The van der Waals surface area contributed by atoms with Crippen LogP contribution in [0.5, 0.6) is 11.5 Å². The maximum Gasteiger partial charge on any atom is 0.415 e. The monoisotopic (exact) mass is 393 g/mol. The summed E-state index contributed by atoms with van der Waals surface area (Å²) in [5.41, 5.74) is 0.411. The molecule has 0 unspecified atom stereocenters. The molecule has 1 aliphatic rings. The molecule has 0 aliphatic carbocycles. The van der Waals surface area contributed by atoms with E-state index in [2.05, 4.69) is 0 Å². The first kappa shape index (κ1) is 21.0. The second-order valence-corrected chi connectivity index (χ2v) is 5.60. The average molecular weight is 393 g/mol. The lowest BCUT2D eigenvalue weighted by Crippen LogP contribution is -2.42. The first-order valence-corrected chi connectivity index (χ1v) is 8.17. The van der Waals surface area contributed by atoms with Gasteiger partial charge in [0, 0.05) is 24.2 Å². The van der Waals surface area contributed by atoms with Crippen LogP contribution in [0.3, 0.4) is 0 Å². The molecule has 148 valence electrons.